The van der Waals surface area contributed by atoms with E-state index in [1.807, 2.05) is 26.0 Å². The van der Waals surface area contributed by atoms with Crippen LogP contribution in [-0.2, 0) is 9.59 Å². The molecule has 0 radical (unpaired) electrons. The normalized spacial score (nSPS) is 18.2. The van der Waals surface area contributed by atoms with Gasteiger partial charge in [-0.15, -0.1) is 0 Å². The van der Waals surface area contributed by atoms with E-state index in [4.69, 9.17) is 4.74 Å². The van der Waals surface area contributed by atoms with E-state index in [-0.39, 0.29) is 29.7 Å². The van der Waals surface area contributed by atoms with E-state index < -0.39 is 0 Å². The molecule has 1 saturated carbocycles. The Morgan fingerprint density at radius 1 is 1.25 bits per heavy atom. The van der Waals surface area contributed by atoms with Crippen molar-refractivity contribution in [1.82, 2.24) is 14.8 Å². The van der Waals surface area contributed by atoms with Crippen molar-refractivity contribution in [3.8, 4) is 5.75 Å². The molecule has 8 nitrogen and oxygen atoms in total. The number of ether oxygens (including phenoxy) is 1. The summed E-state index contributed by atoms with van der Waals surface area (Å²) in [4.78, 5) is 46.9. The Bertz CT molecular complexity index is 1160. The van der Waals surface area contributed by atoms with Gasteiger partial charge in [-0.2, -0.15) is 0 Å². The van der Waals surface area contributed by atoms with Crippen LogP contribution < -0.4 is 10.1 Å². The van der Waals surface area contributed by atoms with Crippen LogP contribution >= 0.6 is 23.1 Å². The maximum atomic E-state index is 13.6. The average Bonchev–Trinajstić information content (AvgIpc) is 3.16. The Balaban J connectivity index is 1.51. The summed E-state index contributed by atoms with van der Waals surface area (Å²) in [6.45, 7) is 9.11. The third-order valence-electron chi connectivity index (χ3n) is 6.72. The summed E-state index contributed by atoms with van der Waals surface area (Å²) in [6.07, 6.45) is 6.76. The molecular weight excluding hydrogens is 496 g/mol. The van der Waals surface area contributed by atoms with Gasteiger partial charge in [-0.3, -0.25) is 14.4 Å². The van der Waals surface area contributed by atoms with Crippen molar-refractivity contribution >= 4 is 46.0 Å². The lowest BCUT2D eigenvalue weighted by Crippen LogP contribution is -2.43. The van der Waals surface area contributed by atoms with E-state index in [0.29, 0.717) is 42.5 Å². The molecule has 2 fully saturated rings. The zero-order valence-corrected chi connectivity index (χ0v) is 22.5. The number of rotatable bonds is 7. The van der Waals surface area contributed by atoms with Crippen LogP contribution in [0.3, 0.4) is 0 Å². The highest BCUT2D eigenvalue weighted by Crippen LogP contribution is 2.39. The number of methoxy groups -OCH3 is 1. The topological polar surface area (TPSA) is 91.8 Å². The van der Waals surface area contributed by atoms with Crippen molar-refractivity contribution < 1.29 is 19.1 Å². The number of nitrogens with one attached hydrogen (secondary N) is 1. The number of benzene rings is 1. The largest absolute Gasteiger partial charge is 0.496 e. The molecule has 1 atom stereocenters. The van der Waals surface area contributed by atoms with Crippen LogP contribution in [-0.4, -0.2) is 65.3 Å². The standard InChI is InChI=1S/C26H32N4O4S2/c1-5-22(31)30-11-7-10-29(15-17(30)3)25(33)19-13-21(16(2)12-20(19)34-4)35-23-14-27-26(36-23)28-24(32)18-8-6-9-18/h5,12-14,17-18H,1,6-11,15H2,2-4H3,(H,27,28,32)/t17-/m1/s1. The Morgan fingerprint density at radius 2 is 2.03 bits per heavy atom. The first-order valence-electron chi connectivity index (χ1n) is 12.2. The van der Waals surface area contributed by atoms with Gasteiger partial charge in [0.15, 0.2) is 5.13 Å². The Hall–Kier alpha value is -2.85. The van der Waals surface area contributed by atoms with Crippen LogP contribution in [0.15, 0.2) is 40.1 Å². The molecule has 1 N–H and O–H groups in total. The van der Waals surface area contributed by atoms with Gasteiger partial charge in [-0.25, -0.2) is 4.98 Å². The second-order valence-corrected chi connectivity index (χ2v) is 11.6. The Kier molecular flexibility index (Phi) is 8.35. The van der Waals surface area contributed by atoms with Crippen LogP contribution in [0.4, 0.5) is 5.13 Å². The van der Waals surface area contributed by atoms with Gasteiger partial charge >= 0.3 is 0 Å². The van der Waals surface area contributed by atoms with Gasteiger partial charge in [0.05, 0.1) is 23.1 Å². The van der Waals surface area contributed by atoms with Crippen molar-refractivity contribution in [2.45, 2.75) is 54.7 Å². The van der Waals surface area contributed by atoms with Crippen LogP contribution in [0, 0.1) is 12.8 Å². The fraction of sp³-hybridized carbons (Fsp3) is 0.462. The summed E-state index contributed by atoms with van der Waals surface area (Å²) in [5.74, 6) is 0.435. The minimum absolute atomic E-state index is 0.0423. The molecule has 10 heteroatoms. The summed E-state index contributed by atoms with van der Waals surface area (Å²) in [5, 5.41) is 3.51. The molecule has 2 aliphatic rings. The second-order valence-electron chi connectivity index (χ2n) is 9.21. The Labute approximate surface area is 220 Å². The van der Waals surface area contributed by atoms with Crippen LogP contribution in [0.1, 0.15) is 48.5 Å². The SMILES string of the molecule is C=CC(=O)N1CCCN(C(=O)c2cc(Sc3cnc(NC(=O)C4CCC4)s3)c(C)cc2OC)C[C@H]1C. The first kappa shape index (κ1) is 26.2. The molecule has 2 heterocycles. The highest BCUT2D eigenvalue weighted by atomic mass is 32.2. The first-order valence-corrected chi connectivity index (χ1v) is 13.8. The molecule has 1 saturated heterocycles. The number of anilines is 1. The number of hydrogen-bond donors (Lipinski definition) is 1. The number of thiazole rings is 1. The zero-order valence-electron chi connectivity index (χ0n) is 20.9. The third kappa shape index (κ3) is 5.75. The number of carbonyl (C=O) groups is 3. The smallest absolute Gasteiger partial charge is 0.257 e. The fourth-order valence-corrected chi connectivity index (χ4v) is 6.36. The molecule has 0 unspecified atom stereocenters. The van der Waals surface area contributed by atoms with E-state index in [0.717, 1.165) is 33.9 Å². The quantitative estimate of drug-likeness (QED) is 0.528. The monoisotopic (exact) mass is 528 g/mol. The molecule has 2 aromatic rings. The number of amides is 3. The maximum Gasteiger partial charge on any atom is 0.257 e. The molecule has 192 valence electrons. The number of nitrogens with zero attached hydrogens (tertiary/aromatic N) is 3. The second kappa shape index (κ2) is 11.5. The Morgan fingerprint density at radius 3 is 2.69 bits per heavy atom. The number of aryl methyl sites for hydroxylation is 1. The maximum absolute atomic E-state index is 13.6. The number of carbonyl (C=O) groups excluding carboxylic acids is 3. The van der Waals surface area contributed by atoms with Crippen LogP contribution in [0.25, 0.3) is 0 Å². The molecule has 1 aromatic heterocycles. The lowest BCUT2D eigenvalue weighted by Gasteiger charge is -2.28. The van der Waals surface area contributed by atoms with Gasteiger partial charge in [0.1, 0.15) is 5.75 Å². The molecule has 1 aliphatic carbocycles. The number of hydrogen-bond acceptors (Lipinski definition) is 7. The summed E-state index contributed by atoms with van der Waals surface area (Å²) >= 11 is 2.94. The van der Waals surface area contributed by atoms with Crippen molar-refractivity contribution in [3.63, 3.8) is 0 Å². The predicted octanol–water partition coefficient (Wildman–Crippen LogP) is 4.60. The van der Waals surface area contributed by atoms with E-state index >= 15 is 0 Å². The number of aromatic nitrogens is 1. The van der Waals surface area contributed by atoms with E-state index in [9.17, 15) is 14.4 Å². The van der Waals surface area contributed by atoms with Gasteiger partial charge in [-0.1, -0.05) is 36.1 Å². The lowest BCUT2D eigenvalue weighted by atomic mass is 9.85. The van der Waals surface area contributed by atoms with Gasteiger partial charge < -0.3 is 19.9 Å². The summed E-state index contributed by atoms with van der Waals surface area (Å²) in [6, 6.07) is 3.64. The molecule has 1 aliphatic heterocycles. The summed E-state index contributed by atoms with van der Waals surface area (Å²) in [7, 11) is 1.56. The summed E-state index contributed by atoms with van der Waals surface area (Å²) in [5.41, 5.74) is 1.47. The fourth-order valence-electron chi connectivity index (χ4n) is 4.42. The van der Waals surface area contributed by atoms with E-state index in [2.05, 4.69) is 16.9 Å². The molecule has 0 bridgehead atoms. The molecule has 0 spiro atoms. The van der Waals surface area contributed by atoms with Crippen LogP contribution in [0.2, 0.25) is 0 Å². The van der Waals surface area contributed by atoms with Gasteiger partial charge in [-0.05, 0) is 56.9 Å². The highest BCUT2D eigenvalue weighted by molar-refractivity contribution is 8.01. The lowest BCUT2D eigenvalue weighted by molar-refractivity contribution is -0.127. The average molecular weight is 529 g/mol. The van der Waals surface area contributed by atoms with Gasteiger partial charge in [0, 0.05) is 36.5 Å². The minimum Gasteiger partial charge on any atom is -0.496 e. The molecule has 1 aromatic carbocycles. The summed E-state index contributed by atoms with van der Waals surface area (Å²) < 4.78 is 6.50. The minimum atomic E-state index is -0.119. The van der Waals surface area contributed by atoms with E-state index in [1.54, 1.807) is 23.1 Å². The van der Waals surface area contributed by atoms with Gasteiger partial charge in [0.25, 0.3) is 5.91 Å². The van der Waals surface area contributed by atoms with Crippen molar-refractivity contribution in [2.75, 3.05) is 32.1 Å². The zero-order chi connectivity index (χ0) is 25.8. The highest BCUT2D eigenvalue weighted by Gasteiger charge is 2.29. The molecular formula is C26H32N4O4S2. The van der Waals surface area contributed by atoms with Crippen molar-refractivity contribution in [2.24, 2.45) is 5.92 Å². The van der Waals surface area contributed by atoms with Crippen molar-refractivity contribution in [1.29, 1.82) is 0 Å². The molecule has 36 heavy (non-hydrogen) atoms. The third-order valence-corrected chi connectivity index (χ3v) is 8.89. The first-order chi connectivity index (χ1) is 17.3. The van der Waals surface area contributed by atoms with Crippen molar-refractivity contribution in [3.05, 3.63) is 42.1 Å². The van der Waals surface area contributed by atoms with Crippen LogP contribution in [0.5, 0.6) is 5.75 Å². The molecule has 4 rings (SSSR count). The van der Waals surface area contributed by atoms with Gasteiger partial charge in [0.2, 0.25) is 11.8 Å². The van der Waals surface area contributed by atoms with E-state index in [1.165, 1.54) is 29.2 Å². The molecule has 3 amide bonds. The predicted molar refractivity (Wildman–Crippen MR) is 142 cm³/mol.